The summed E-state index contributed by atoms with van der Waals surface area (Å²) in [5.41, 5.74) is 0.167. The molecule has 0 saturated carbocycles. The maximum absolute atomic E-state index is 10.3. The van der Waals surface area contributed by atoms with Crippen LogP contribution in [0.1, 0.15) is 79.0 Å². The molecule has 0 heterocycles. The Labute approximate surface area is 174 Å². The molecule has 1 aromatic rings. The molecular weight excluding hydrogens is 400 g/mol. The number of unbranched alkanes of at least 4 members (excludes halogenated alkanes) is 3. The Morgan fingerprint density at radius 2 is 1.07 bits per heavy atom. The van der Waals surface area contributed by atoms with E-state index in [1.165, 1.54) is 24.3 Å². The number of aliphatic hydroxyl groups is 2. The molecule has 0 saturated heterocycles. The molecule has 6 N–H and O–H groups in total. The zero-order valence-corrected chi connectivity index (χ0v) is 16.9. The highest BCUT2D eigenvalue weighted by Crippen LogP contribution is 2.04. The molecule has 10 heteroatoms. The van der Waals surface area contributed by atoms with Gasteiger partial charge in [-0.3, -0.25) is 9.59 Å². The van der Waals surface area contributed by atoms with Gasteiger partial charge in [0.25, 0.3) is 0 Å². The van der Waals surface area contributed by atoms with Crippen molar-refractivity contribution in [1.29, 1.82) is 0 Å². The summed E-state index contributed by atoms with van der Waals surface area (Å²) in [5.74, 6) is -3.87. The number of carboxylic acids is 4. The predicted octanol–water partition coefficient (Wildman–Crippen LogP) is 2.68. The molecule has 1 aromatic carbocycles. The van der Waals surface area contributed by atoms with Crippen LogP contribution < -0.4 is 0 Å². The average molecular weight is 430 g/mol. The second-order valence-electron chi connectivity index (χ2n) is 6.16. The van der Waals surface area contributed by atoms with E-state index in [2.05, 4.69) is 6.92 Å². The van der Waals surface area contributed by atoms with E-state index in [4.69, 9.17) is 30.6 Å². The van der Waals surface area contributed by atoms with Gasteiger partial charge in [-0.2, -0.15) is 0 Å². The molecule has 0 unspecified atom stereocenters. The molecule has 0 aliphatic carbocycles. The number of rotatable bonds is 11. The van der Waals surface area contributed by atoms with E-state index in [1.54, 1.807) is 0 Å². The number of benzene rings is 1. The van der Waals surface area contributed by atoms with Crippen molar-refractivity contribution in [2.45, 2.75) is 64.6 Å². The van der Waals surface area contributed by atoms with Crippen LogP contribution in [0.5, 0.6) is 0 Å². The highest BCUT2D eigenvalue weighted by atomic mass is 16.5. The molecule has 0 aromatic heterocycles. The number of hydrogen-bond acceptors (Lipinski definition) is 6. The molecule has 0 aliphatic rings. The molecule has 0 bridgehead atoms. The number of hydrogen-bond donors (Lipinski definition) is 6. The average Bonchev–Trinajstić information content (AvgIpc) is 2.66. The van der Waals surface area contributed by atoms with E-state index in [9.17, 15) is 19.2 Å². The van der Waals surface area contributed by atoms with Crippen LogP contribution in [0.4, 0.5) is 0 Å². The Bertz CT molecular complexity index is 588. The lowest BCUT2D eigenvalue weighted by Crippen LogP contribution is -2.02. The van der Waals surface area contributed by atoms with Crippen LogP contribution in [-0.2, 0) is 9.59 Å². The van der Waals surface area contributed by atoms with Crippen LogP contribution in [0, 0.1) is 0 Å². The van der Waals surface area contributed by atoms with E-state index < -0.39 is 30.2 Å². The first-order chi connectivity index (χ1) is 14.0. The van der Waals surface area contributed by atoms with Crippen LogP contribution in [-0.4, -0.2) is 60.8 Å². The van der Waals surface area contributed by atoms with Crippen LogP contribution in [0.3, 0.4) is 0 Å². The van der Waals surface area contributed by atoms with Crippen LogP contribution in [0.25, 0.3) is 0 Å². The van der Waals surface area contributed by atoms with Gasteiger partial charge in [0.2, 0.25) is 0 Å². The maximum Gasteiger partial charge on any atom is 0.335 e. The van der Waals surface area contributed by atoms with Gasteiger partial charge in [0.05, 0.1) is 11.1 Å². The second-order valence-corrected chi connectivity index (χ2v) is 6.16. The molecule has 0 fully saturated rings. The molecule has 10 nitrogen and oxygen atoms in total. The molecular formula is C20H30O10. The fourth-order valence-corrected chi connectivity index (χ4v) is 1.88. The number of aliphatic hydroxyl groups excluding tert-OH is 1. The fraction of sp³-hybridized carbons (Fsp3) is 0.500. The van der Waals surface area contributed by atoms with Crippen LogP contribution in [0.2, 0.25) is 0 Å². The number of carboxylic acid groups (broad SMARTS) is 4. The molecule has 0 radical (unpaired) electrons. The third-order valence-corrected chi connectivity index (χ3v) is 3.48. The molecule has 1 rings (SSSR count). The van der Waals surface area contributed by atoms with Gasteiger partial charge in [0, 0.05) is 12.8 Å². The first-order valence-electron chi connectivity index (χ1n) is 9.37. The van der Waals surface area contributed by atoms with Gasteiger partial charge < -0.3 is 30.6 Å². The maximum atomic E-state index is 10.3. The molecule has 0 atom stereocenters. The minimum absolute atomic E-state index is 0.0628. The highest BCUT2D eigenvalue weighted by molar-refractivity contribution is 5.91. The lowest BCUT2D eigenvalue weighted by atomic mass is 10.1. The van der Waals surface area contributed by atoms with E-state index in [1.807, 2.05) is 0 Å². The van der Waals surface area contributed by atoms with E-state index >= 15 is 0 Å². The van der Waals surface area contributed by atoms with E-state index in [0.717, 1.165) is 19.3 Å². The monoisotopic (exact) mass is 430 g/mol. The van der Waals surface area contributed by atoms with Crippen LogP contribution >= 0.6 is 0 Å². The first kappa shape index (κ1) is 29.2. The molecule has 0 spiro atoms. The Hall–Kier alpha value is -2.98. The van der Waals surface area contributed by atoms with Crippen LogP contribution in [0.15, 0.2) is 24.3 Å². The van der Waals surface area contributed by atoms with E-state index in [-0.39, 0.29) is 24.0 Å². The summed E-state index contributed by atoms with van der Waals surface area (Å²) in [4.78, 5) is 40.5. The third kappa shape index (κ3) is 19.8. The SMILES string of the molecule is CCCCCC(O)O.O=C(O)CCCCC(=O)O.O=C(O)c1ccc(C(=O)O)cc1. The standard InChI is InChI=1S/C8H6O4.C6H10O4.C6H14O2/c9-7(10)5-1-2-6(4-3-5)8(11)12;7-5(8)3-1-2-4-6(9)10;1-2-3-4-5-6(7)8/h1-4H,(H,9,10)(H,11,12);1-4H2,(H,7,8)(H,9,10);6-8H,2-5H2,1H3. The normalized spacial score (nSPS) is 9.60. The van der Waals surface area contributed by atoms with Crippen molar-refractivity contribution in [3.05, 3.63) is 35.4 Å². The van der Waals surface area contributed by atoms with Gasteiger partial charge in [-0.1, -0.05) is 19.8 Å². The largest absolute Gasteiger partial charge is 0.481 e. The number of aromatic carboxylic acids is 2. The van der Waals surface area contributed by atoms with Gasteiger partial charge in [0.15, 0.2) is 6.29 Å². The summed E-state index contributed by atoms with van der Waals surface area (Å²) in [5, 5.41) is 49.9. The summed E-state index contributed by atoms with van der Waals surface area (Å²) >= 11 is 0. The third-order valence-electron chi connectivity index (χ3n) is 3.48. The first-order valence-corrected chi connectivity index (χ1v) is 9.37. The Balaban J connectivity index is 0. The van der Waals surface area contributed by atoms with Crippen molar-refractivity contribution in [3.63, 3.8) is 0 Å². The van der Waals surface area contributed by atoms with Gasteiger partial charge in [-0.15, -0.1) is 0 Å². The molecule has 0 aliphatic heterocycles. The number of aliphatic carboxylic acids is 2. The topological polar surface area (TPSA) is 190 Å². The zero-order chi connectivity index (χ0) is 23.5. The minimum Gasteiger partial charge on any atom is -0.481 e. The van der Waals surface area contributed by atoms with Gasteiger partial charge in [0.1, 0.15) is 0 Å². The van der Waals surface area contributed by atoms with E-state index in [0.29, 0.717) is 19.3 Å². The lowest BCUT2D eigenvalue weighted by molar-refractivity contribution is -0.139. The van der Waals surface area contributed by atoms with Crippen molar-refractivity contribution in [2.24, 2.45) is 0 Å². The van der Waals surface area contributed by atoms with Gasteiger partial charge in [-0.05, 0) is 49.9 Å². The predicted molar refractivity (Wildman–Crippen MR) is 106 cm³/mol. The Morgan fingerprint density at radius 1 is 0.700 bits per heavy atom. The van der Waals surface area contributed by atoms with Crippen molar-refractivity contribution in [1.82, 2.24) is 0 Å². The second kappa shape index (κ2) is 18.1. The smallest absolute Gasteiger partial charge is 0.335 e. The summed E-state index contributed by atoms with van der Waals surface area (Å²) in [6.45, 7) is 2.09. The Kier molecular flexibility index (Phi) is 17.6. The summed E-state index contributed by atoms with van der Waals surface area (Å²) in [6, 6.07) is 5.02. The summed E-state index contributed by atoms with van der Waals surface area (Å²) < 4.78 is 0. The highest BCUT2D eigenvalue weighted by Gasteiger charge is 2.05. The van der Waals surface area contributed by atoms with Gasteiger partial charge in [-0.25, -0.2) is 9.59 Å². The minimum atomic E-state index is -1.10. The summed E-state index contributed by atoms with van der Waals surface area (Å²) in [6.07, 6.45) is 3.59. The Morgan fingerprint density at radius 3 is 1.30 bits per heavy atom. The lowest BCUT2D eigenvalue weighted by Gasteiger charge is -1.99. The van der Waals surface area contributed by atoms with Gasteiger partial charge >= 0.3 is 23.9 Å². The van der Waals surface area contributed by atoms with Crippen molar-refractivity contribution in [2.75, 3.05) is 0 Å². The molecule has 0 amide bonds. The fourth-order valence-electron chi connectivity index (χ4n) is 1.88. The molecule has 170 valence electrons. The van der Waals surface area contributed by atoms with Crippen molar-refractivity contribution >= 4 is 23.9 Å². The van der Waals surface area contributed by atoms with Crippen molar-refractivity contribution in [3.8, 4) is 0 Å². The van der Waals surface area contributed by atoms with Crippen molar-refractivity contribution < 1.29 is 49.8 Å². The molecule has 30 heavy (non-hydrogen) atoms. The number of carbonyl (C=O) groups is 4. The summed E-state index contributed by atoms with van der Waals surface area (Å²) in [7, 11) is 0. The quantitative estimate of drug-likeness (QED) is 0.225. The zero-order valence-electron chi connectivity index (χ0n) is 16.9.